The Morgan fingerprint density at radius 3 is 2.64 bits per heavy atom. The van der Waals surface area contributed by atoms with Gasteiger partial charge in [-0.3, -0.25) is 0 Å². The van der Waals surface area contributed by atoms with Crippen molar-refractivity contribution in [3.8, 4) is 11.4 Å². The van der Waals surface area contributed by atoms with Gasteiger partial charge < -0.3 is 4.90 Å². The molecule has 0 aliphatic carbocycles. The van der Waals surface area contributed by atoms with Crippen LogP contribution in [0.4, 0.5) is 5.82 Å². The minimum absolute atomic E-state index is 0.434. The Morgan fingerprint density at radius 2 is 1.84 bits per heavy atom. The molecular formula is C18H15Cl2N5. The van der Waals surface area contributed by atoms with Gasteiger partial charge in [0.1, 0.15) is 0 Å². The minimum Gasteiger partial charge on any atom is -0.345 e. The van der Waals surface area contributed by atoms with Crippen LogP contribution in [0.15, 0.2) is 42.5 Å². The highest BCUT2D eigenvalue weighted by Gasteiger charge is 2.34. The first kappa shape index (κ1) is 15.2. The summed E-state index contributed by atoms with van der Waals surface area (Å²) in [6.07, 6.45) is 8.04. The molecule has 126 valence electrons. The van der Waals surface area contributed by atoms with E-state index in [-0.39, 0.29) is 0 Å². The predicted octanol–water partition coefficient (Wildman–Crippen LogP) is 4.40. The first-order chi connectivity index (χ1) is 12.2. The van der Waals surface area contributed by atoms with Crippen LogP contribution in [0.3, 0.4) is 0 Å². The molecule has 2 atom stereocenters. The zero-order chi connectivity index (χ0) is 17.0. The number of benzene rings is 1. The molecule has 2 aliphatic heterocycles. The van der Waals surface area contributed by atoms with Crippen LogP contribution < -0.4 is 4.90 Å². The summed E-state index contributed by atoms with van der Waals surface area (Å²) >= 11 is 12.3. The van der Waals surface area contributed by atoms with Crippen LogP contribution >= 0.6 is 23.2 Å². The Balaban J connectivity index is 1.64. The first-order valence-corrected chi connectivity index (χ1v) is 9.08. The highest BCUT2D eigenvalue weighted by molar-refractivity contribution is 6.35. The second kappa shape index (κ2) is 5.71. The van der Waals surface area contributed by atoms with Crippen LogP contribution in [0.1, 0.15) is 19.3 Å². The maximum absolute atomic E-state index is 6.14. The Labute approximate surface area is 154 Å². The molecule has 0 amide bonds. The standard InChI is InChI=1S/C18H15Cl2N5/c19-12-8-11(9-13(20)10-12)18-22-21-16-6-7-17(23-25(16)18)24-14-2-1-3-15(24)5-4-14/h1-2,6-10,14-15H,3-5H2. The van der Waals surface area contributed by atoms with Gasteiger partial charge in [-0.2, -0.15) is 4.52 Å². The van der Waals surface area contributed by atoms with Crippen LogP contribution in [-0.2, 0) is 0 Å². The van der Waals surface area contributed by atoms with Gasteiger partial charge >= 0.3 is 0 Å². The van der Waals surface area contributed by atoms with Gasteiger partial charge in [0.25, 0.3) is 0 Å². The fourth-order valence-electron chi connectivity index (χ4n) is 3.86. The topological polar surface area (TPSA) is 46.3 Å². The zero-order valence-electron chi connectivity index (χ0n) is 13.3. The van der Waals surface area contributed by atoms with Crippen LogP contribution in [0.5, 0.6) is 0 Å². The van der Waals surface area contributed by atoms with E-state index >= 15 is 0 Å². The second-order valence-corrected chi connectivity index (χ2v) is 7.39. The largest absolute Gasteiger partial charge is 0.345 e. The van der Waals surface area contributed by atoms with E-state index < -0.39 is 0 Å². The fraction of sp³-hybridized carbons (Fsp3) is 0.278. The number of halogens is 2. The van der Waals surface area contributed by atoms with Crippen molar-refractivity contribution in [2.75, 3.05) is 4.90 Å². The smallest absolute Gasteiger partial charge is 0.185 e. The molecule has 2 aliphatic rings. The average Bonchev–Trinajstić information content (AvgIpc) is 3.11. The summed E-state index contributed by atoms with van der Waals surface area (Å²) in [5.74, 6) is 1.60. The lowest BCUT2D eigenvalue weighted by atomic mass is 10.1. The van der Waals surface area contributed by atoms with E-state index in [2.05, 4.69) is 27.2 Å². The van der Waals surface area contributed by atoms with Crippen molar-refractivity contribution in [3.05, 3.63) is 52.5 Å². The number of aromatic nitrogens is 4. The number of rotatable bonds is 2. The summed E-state index contributed by atoms with van der Waals surface area (Å²) in [5, 5.41) is 14.5. The molecule has 1 aromatic carbocycles. The molecule has 5 rings (SSSR count). The third-order valence-corrected chi connectivity index (χ3v) is 5.38. The lowest BCUT2D eigenvalue weighted by Gasteiger charge is -2.32. The molecule has 7 heteroatoms. The Kier molecular flexibility index (Phi) is 3.47. The molecule has 0 spiro atoms. The molecule has 2 aromatic heterocycles. The molecule has 1 saturated heterocycles. The number of hydrogen-bond donors (Lipinski definition) is 0. The minimum atomic E-state index is 0.434. The van der Waals surface area contributed by atoms with Crippen LogP contribution in [0.2, 0.25) is 10.0 Å². The Morgan fingerprint density at radius 1 is 1.00 bits per heavy atom. The van der Waals surface area contributed by atoms with Gasteiger partial charge in [-0.1, -0.05) is 35.4 Å². The average molecular weight is 372 g/mol. The molecule has 2 unspecified atom stereocenters. The van der Waals surface area contributed by atoms with E-state index in [1.54, 1.807) is 10.6 Å². The highest BCUT2D eigenvalue weighted by Crippen LogP contribution is 2.35. The van der Waals surface area contributed by atoms with Crippen molar-refractivity contribution in [1.29, 1.82) is 0 Å². The molecule has 0 N–H and O–H groups in total. The van der Waals surface area contributed by atoms with Crippen LogP contribution in [0.25, 0.3) is 17.0 Å². The van der Waals surface area contributed by atoms with Crippen molar-refractivity contribution in [2.45, 2.75) is 31.3 Å². The van der Waals surface area contributed by atoms with E-state index in [1.165, 1.54) is 12.8 Å². The van der Waals surface area contributed by atoms with E-state index in [4.69, 9.17) is 28.3 Å². The van der Waals surface area contributed by atoms with Crippen molar-refractivity contribution >= 4 is 34.7 Å². The summed E-state index contributed by atoms with van der Waals surface area (Å²) in [6, 6.07) is 10.3. The normalized spacial score (nSPS) is 22.1. The summed E-state index contributed by atoms with van der Waals surface area (Å²) in [4.78, 5) is 2.41. The Hall–Kier alpha value is -2.11. The van der Waals surface area contributed by atoms with Gasteiger partial charge in [0, 0.05) is 27.7 Å². The highest BCUT2D eigenvalue weighted by atomic mass is 35.5. The maximum atomic E-state index is 6.14. The van der Waals surface area contributed by atoms with E-state index in [1.807, 2.05) is 24.3 Å². The van der Waals surface area contributed by atoms with Gasteiger partial charge in [-0.05, 0) is 49.6 Å². The van der Waals surface area contributed by atoms with E-state index in [0.29, 0.717) is 33.6 Å². The van der Waals surface area contributed by atoms with Crippen LogP contribution in [0, 0.1) is 0 Å². The number of anilines is 1. The van der Waals surface area contributed by atoms with Crippen molar-refractivity contribution in [3.63, 3.8) is 0 Å². The monoisotopic (exact) mass is 371 g/mol. The summed E-state index contributed by atoms with van der Waals surface area (Å²) in [5.41, 5.74) is 1.51. The fourth-order valence-corrected chi connectivity index (χ4v) is 4.39. The summed E-state index contributed by atoms with van der Waals surface area (Å²) < 4.78 is 1.77. The van der Waals surface area contributed by atoms with Crippen molar-refractivity contribution < 1.29 is 0 Å². The quantitative estimate of drug-likeness (QED) is 0.626. The molecule has 0 saturated carbocycles. The number of hydrogen-bond acceptors (Lipinski definition) is 4. The molecule has 25 heavy (non-hydrogen) atoms. The summed E-state index contributed by atoms with van der Waals surface area (Å²) in [6.45, 7) is 0. The van der Waals surface area contributed by atoms with Gasteiger partial charge in [0.15, 0.2) is 17.3 Å². The number of fused-ring (bicyclic) bond motifs is 3. The maximum Gasteiger partial charge on any atom is 0.185 e. The van der Waals surface area contributed by atoms with Gasteiger partial charge in [-0.15, -0.1) is 15.3 Å². The van der Waals surface area contributed by atoms with Gasteiger partial charge in [0.05, 0.1) is 0 Å². The lowest BCUT2D eigenvalue weighted by Crippen LogP contribution is -2.38. The van der Waals surface area contributed by atoms with Crippen molar-refractivity contribution in [2.24, 2.45) is 0 Å². The molecule has 3 aromatic rings. The van der Waals surface area contributed by atoms with E-state index in [0.717, 1.165) is 17.8 Å². The second-order valence-electron chi connectivity index (χ2n) is 6.51. The third-order valence-electron chi connectivity index (χ3n) is 4.95. The molecule has 1 fully saturated rings. The zero-order valence-corrected chi connectivity index (χ0v) is 14.8. The lowest BCUT2D eigenvalue weighted by molar-refractivity contribution is 0.634. The predicted molar refractivity (Wildman–Crippen MR) is 99.3 cm³/mol. The van der Waals surface area contributed by atoms with E-state index in [9.17, 15) is 0 Å². The Bertz CT molecular complexity index is 976. The molecule has 2 bridgehead atoms. The summed E-state index contributed by atoms with van der Waals surface area (Å²) in [7, 11) is 0. The molecular weight excluding hydrogens is 357 g/mol. The SMILES string of the molecule is Clc1cc(Cl)cc(-c2nnc3ccc(N4C5C=CCC4CC5)nn23)c1. The van der Waals surface area contributed by atoms with Crippen molar-refractivity contribution in [1.82, 2.24) is 19.8 Å². The molecule has 0 radical (unpaired) electrons. The number of nitrogens with zero attached hydrogens (tertiary/aromatic N) is 5. The third kappa shape index (κ3) is 2.50. The first-order valence-electron chi connectivity index (χ1n) is 8.33. The van der Waals surface area contributed by atoms with Gasteiger partial charge in [0.2, 0.25) is 0 Å². The van der Waals surface area contributed by atoms with Gasteiger partial charge in [-0.25, -0.2) is 0 Å². The van der Waals surface area contributed by atoms with Crippen LogP contribution in [-0.4, -0.2) is 31.9 Å². The molecule has 4 heterocycles. The molecule has 5 nitrogen and oxygen atoms in total.